The molecule has 0 atom stereocenters. The van der Waals surface area contributed by atoms with Gasteiger partial charge in [-0.2, -0.15) is 16.8 Å². The Balaban J connectivity index is 2.00. The maximum Gasteiger partial charge on any atom is 0.297 e. The van der Waals surface area contributed by atoms with E-state index in [0.717, 1.165) is 11.1 Å². The lowest BCUT2D eigenvalue weighted by molar-refractivity contribution is -0.0701. The number of aryl methyl sites for hydroxylation is 2. The zero-order valence-corrected chi connectivity index (χ0v) is 16.2. The molecule has 0 aliphatic heterocycles. The van der Waals surface area contributed by atoms with Crippen molar-refractivity contribution in [1.29, 1.82) is 0 Å². The molecule has 2 rings (SSSR count). The minimum Gasteiger partial charge on any atom is -0.260 e. The standard InChI is InChI=1S/C17H18F2O6S2/c1-13-3-7-15(8-4-13)26(20,21)24-11-17(18,19)12-25-27(22,23)16-9-5-14(2)6-10-16/h3-10H,11-12H2,1-2H3. The number of halogens is 2. The highest BCUT2D eigenvalue weighted by atomic mass is 32.2. The van der Waals surface area contributed by atoms with Crippen LogP contribution in [-0.4, -0.2) is 36.0 Å². The van der Waals surface area contributed by atoms with Crippen LogP contribution in [0.3, 0.4) is 0 Å². The molecule has 2 aromatic carbocycles. The monoisotopic (exact) mass is 420 g/mol. The van der Waals surface area contributed by atoms with E-state index in [2.05, 4.69) is 8.37 Å². The maximum absolute atomic E-state index is 13.9. The molecule has 6 nitrogen and oxygen atoms in total. The van der Waals surface area contributed by atoms with Crippen LogP contribution in [0, 0.1) is 13.8 Å². The molecular weight excluding hydrogens is 402 g/mol. The van der Waals surface area contributed by atoms with E-state index in [-0.39, 0.29) is 9.79 Å². The van der Waals surface area contributed by atoms with E-state index in [1.54, 1.807) is 13.8 Å². The lowest BCUT2D eigenvalue weighted by Gasteiger charge is -2.16. The van der Waals surface area contributed by atoms with Gasteiger partial charge in [-0.3, -0.25) is 8.37 Å². The Morgan fingerprint density at radius 2 is 1.00 bits per heavy atom. The second-order valence-electron chi connectivity index (χ2n) is 5.91. The molecule has 0 saturated heterocycles. The number of hydrogen-bond donors (Lipinski definition) is 0. The first-order valence-corrected chi connectivity index (χ1v) is 10.5. The predicted octanol–water partition coefficient (Wildman–Crippen LogP) is 3.05. The fourth-order valence-corrected chi connectivity index (χ4v) is 3.78. The highest BCUT2D eigenvalue weighted by molar-refractivity contribution is 7.87. The molecule has 0 bridgehead atoms. The van der Waals surface area contributed by atoms with Crippen molar-refractivity contribution in [3.05, 3.63) is 59.7 Å². The smallest absolute Gasteiger partial charge is 0.260 e. The molecule has 0 saturated carbocycles. The van der Waals surface area contributed by atoms with Gasteiger partial charge in [0.15, 0.2) is 0 Å². The van der Waals surface area contributed by atoms with Gasteiger partial charge in [0.25, 0.3) is 26.2 Å². The summed E-state index contributed by atoms with van der Waals surface area (Å²) >= 11 is 0. The van der Waals surface area contributed by atoms with Gasteiger partial charge in [0, 0.05) is 0 Å². The normalized spacial score (nSPS) is 12.9. The third kappa shape index (κ3) is 6.06. The number of alkyl halides is 2. The number of benzene rings is 2. The van der Waals surface area contributed by atoms with Gasteiger partial charge in [-0.05, 0) is 38.1 Å². The van der Waals surface area contributed by atoms with Crippen molar-refractivity contribution in [3.8, 4) is 0 Å². The van der Waals surface area contributed by atoms with Crippen LogP contribution in [0.5, 0.6) is 0 Å². The van der Waals surface area contributed by atoms with Gasteiger partial charge in [-0.15, -0.1) is 0 Å². The van der Waals surface area contributed by atoms with Gasteiger partial charge in [0.05, 0.1) is 9.79 Å². The topological polar surface area (TPSA) is 86.7 Å². The Kier molecular flexibility index (Phi) is 6.35. The Bertz CT molecular complexity index is 901. The van der Waals surface area contributed by atoms with Gasteiger partial charge in [0.2, 0.25) is 0 Å². The lowest BCUT2D eigenvalue weighted by atomic mass is 10.2. The van der Waals surface area contributed by atoms with Crippen LogP contribution >= 0.6 is 0 Å². The SMILES string of the molecule is Cc1ccc(S(=O)(=O)OCC(F)(F)COS(=O)(=O)c2ccc(C)cc2)cc1. The van der Waals surface area contributed by atoms with Crippen molar-refractivity contribution in [1.82, 2.24) is 0 Å². The van der Waals surface area contributed by atoms with Gasteiger partial charge in [-0.1, -0.05) is 35.4 Å². The molecule has 0 spiro atoms. The summed E-state index contributed by atoms with van der Waals surface area (Å²) in [5.74, 6) is -3.84. The first-order chi connectivity index (χ1) is 12.4. The second-order valence-corrected chi connectivity index (χ2v) is 9.15. The van der Waals surface area contributed by atoms with E-state index < -0.39 is 39.4 Å². The van der Waals surface area contributed by atoms with Crippen LogP contribution in [0.1, 0.15) is 11.1 Å². The summed E-state index contributed by atoms with van der Waals surface area (Å²) in [6.07, 6.45) is 0. The van der Waals surface area contributed by atoms with Gasteiger partial charge in [-0.25, -0.2) is 8.78 Å². The van der Waals surface area contributed by atoms with Gasteiger partial charge >= 0.3 is 0 Å². The van der Waals surface area contributed by atoms with Crippen molar-refractivity contribution in [2.75, 3.05) is 13.2 Å². The van der Waals surface area contributed by atoms with E-state index in [1.165, 1.54) is 48.5 Å². The Labute approximate surface area is 157 Å². The molecule has 0 amide bonds. The molecule has 148 valence electrons. The van der Waals surface area contributed by atoms with Crippen LogP contribution in [0.25, 0.3) is 0 Å². The van der Waals surface area contributed by atoms with Crippen molar-refractivity contribution in [3.63, 3.8) is 0 Å². The van der Waals surface area contributed by atoms with Gasteiger partial charge in [0.1, 0.15) is 13.2 Å². The number of hydrogen-bond acceptors (Lipinski definition) is 6. The molecule has 2 aromatic rings. The average Bonchev–Trinajstić information content (AvgIpc) is 2.60. The van der Waals surface area contributed by atoms with Crippen LogP contribution < -0.4 is 0 Å². The Morgan fingerprint density at radius 1 is 0.704 bits per heavy atom. The summed E-state index contributed by atoms with van der Waals surface area (Å²) < 4.78 is 84.2. The third-order valence-corrected chi connectivity index (χ3v) is 6.03. The fraction of sp³-hybridized carbons (Fsp3) is 0.294. The molecular formula is C17H18F2O6S2. The quantitative estimate of drug-likeness (QED) is 0.610. The summed E-state index contributed by atoms with van der Waals surface area (Å²) in [5.41, 5.74) is 1.57. The molecule has 0 fully saturated rings. The Hall–Kier alpha value is -1.88. The molecule has 0 aliphatic carbocycles. The summed E-state index contributed by atoms with van der Waals surface area (Å²) in [7, 11) is -8.81. The second kappa shape index (κ2) is 8.01. The predicted molar refractivity (Wildman–Crippen MR) is 93.6 cm³/mol. The van der Waals surface area contributed by atoms with E-state index in [1.807, 2.05) is 0 Å². The summed E-state index contributed by atoms with van der Waals surface area (Å²) in [5, 5.41) is 0. The first-order valence-electron chi connectivity index (χ1n) is 7.71. The van der Waals surface area contributed by atoms with Crippen LogP contribution in [0.15, 0.2) is 58.3 Å². The van der Waals surface area contributed by atoms with Crippen molar-refractivity contribution < 1.29 is 34.0 Å². The third-order valence-electron chi connectivity index (χ3n) is 3.47. The number of rotatable bonds is 8. The molecule has 10 heteroatoms. The highest BCUT2D eigenvalue weighted by Crippen LogP contribution is 2.22. The molecule has 0 heterocycles. The fourth-order valence-electron chi connectivity index (χ4n) is 1.92. The largest absolute Gasteiger partial charge is 0.297 e. The maximum atomic E-state index is 13.9. The Morgan fingerprint density at radius 3 is 1.30 bits per heavy atom. The molecule has 0 aliphatic rings. The summed E-state index contributed by atoms with van der Waals surface area (Å²) in [6, 6.07) is 10.9. The van der Waals surface area contributed by atoms with Gasteiger partial charge < -0.3 is 0 Å². The summed E-state index contributed by atoms with van der Waals surface area (Å²) in [4.78, 5) is -0.561. The van der Waals surface area contributed by atoms with Crippen molar-refractivity contribution in [2.24, 2.45) is 0 Å². The van der Waals surface area contributed by atoms with Crippen LogP contribution in [-0.2, 0) is 28.6 Å². The first kappa shape index (κ1) is 21.4. The van der Waals surface area contributed by atoms with E-state index in [9.17, 15) is 25.6 Å². The van der Waals surface area contributed by atoms with Crippen LogP contribution in [0.4, 0.5) is 8.78 Å². The van der Waals surface area contributed by atoms with E-state index in [4.69, 9.17) is 0 Å². The summed E-state index contributed by atoms with van der Waals surface area (Å²) in [6.45, 7) is 0.369. The minimum absolute atomic E-state index is 0.280. The zero-order chi connectivity index (χ0) is 20.3. The average molecular weight is 420 g/mol. The van der Waals surface area contributed by atoms with Crippen LogP contribution in [0.2, 0.25) is 0 Å². The van der Waals surface area contributed by atoms with E-state index >= 15 is 0 Å². The molecule has 27 heavy (non-hydrogen) atoms. The minimum atomic E-state index is -4.41. The molecule has 0 unspecified atom stereocenters. The zero-order valence-electron chi connectivity index (χ0n) is 14.6. The molecule has 0 N–H and O–H groups in total. The van der Waals surface area contributed by atoms with Crippen molar-refractivity contribution in [2.45, 2.75) is 29.6 Å². The molecule has 0 radical (unpaired) electrons. The molecule has 0 aromatic heterocycles. The highest BCUT2D eigenvalue weighted by Gasteiger charge is 2.35. The van der Waals surface area contributed by atoms with E-state index in [0.29, 0.717) is 0 Å². The van der Waals surface area contributed by atoms with Crippen molar-refractivity contribution >= 4 is 20.2 Å². The lowest BCUT2D eigenvalue weighted by Crippen LogP contribution is -2.32.